The minimum absolute atomic E-state index is 0.0717. The lowest BCUT2D eigenvalue weighted by molar-refractivity contribution is -0.149. The zero-order valence-electron chi connectivity index (χ0n) is 18.3. The second-order valence-electron chi connectivity index (χ2n) is 9.89. The Morgan fingerprint density at radius 3 is 2.42 bits per heavy atom. The molecule has 1 amide bonds. The van der Waals surface area contributed by atoms with E-state index in [0.29, 0.717) is 17.7 Å². The third-order valence-electron chi connectivity index (χ3n) is 7.59. The summed E-state index contributed by atoms with van der Waals surface area (Å²) in [7, 11) is 0. The van der Waals surface area contributed by atoms with Gasteiger partial charge in [0.05, 0.1) is 10.6 Å². The van der Waals surface area contributed by atoms with Gasteiger partial charge in [0.1, 0.15) is 5.82 Å². The van der Waals surface area contributed by atoms with Gasteiger partial charge in [0, 0.05) is 12.1 Å². The highest BCUT2D eigenvalue weighted by molar-refractivity contribution is 7.99. The molecule has 5 nitrogen and oxygen atoms in total. The van der Waals surface area contributed by atoms with Crippen LogP contribution in [0, 0.1) is 23.6 Å². The van der Waals surface area contributed by atoms with Gasteiger partial charge in [-0.3, -0.25) is 4.79 Å². The molecule has 0 N–H and O–H groups in total. The number of benzene rings is 1. The van der Waals surface area contributed by atoms with Crippen molar-refractivity contribution in [2.24, 2.45) is 17.8 Å². The molecular formula is C25H26FN3O2S2. The van der Waals surface area contributed by atoms with E-state index in [4.69, 9.17) is 4.42 Å². The average Bonchev–Trinajstić information content (AvgIpc) is 3.48. The van der Waals surface area contributed by atoms with Crippen molar-refractivity contribution in [3.63, 3.8) is 0 Å². The lowest BCUT2D eigenvalue weighted by Gasteiger charge is -2.60. The van der Waals surface area contributed by atoms with Gasteiger partial charge in [-0.1, -0.05) is 30.0 Å². The number of amides is 1. The lowest BCUT2D eigenvalue weighted by atomic mass is 9.52. The van der Waals surface area contributed by atoms with Gasteiger partial charge in [0.15, 0.2) is 0 Å². The van der Waals surface area contributed by atoms with Crippen LogP contribution in [-0.4, -0.2) is 32.3 Å². The summed E-state index contributed by atoms with van der Waals surface area (Å²) in [5.74, 6) is 2.80. The monoisotopic (exact) mass is 483 g/mol. The smallest absolute Gasteiger partial charge is 0.277 e. The first-order valence-corrected chi connectivity index (χ1v) is 13.5. The molecule has 2 aromatic heterocycles. The number of nitrogens with zero attached hydrogens (tertiary/aromatic N) is 3. The summed E-state index contributed by atoms with van der Waals surface area (Å²) in [6.07, 6.45) is 7.25. The fourth-order valence-corrected chi connectivity index (χ4v) is 7.94. The van der Waals surface area contributed by atoms with Crippen LogP contribution in [0.4, 0.5) is 4.39 Å². The summed E-state index contributed by atoms with van der Waals surface area (Å²) in [5, 5.41) is 10.6. The lowest BCUT2D eigenvalue weighted by Crippen LogP contribution is -2.61. The van der Waals surface area contributed by atoms with Gasteiger partial charge in [0.25, 0.3) is 11.1 Å². The van der Waals surface area contributed by atoms with Gasteiger partial charge in [0.2, 0.25) is 5.91 Å². The van der Waals surface area contributed by atoms with Gasteiger partial charge in [-0.15, -0.1) is 21.5 Å². The first-order chi connectivity index (χ1) is 16.1. The average molecular weight is 484 g/mol. The van der Waals surface area contributed by atoms with Gasteiger partial charge in [-0.2, -0.15) is 0 Å². The highest BCUT2D eigenvalue weighted by atomic mass is 32.2. The molecule has 33 heavy (non-hydrogen) atoms. The number of hydrogen-bond acceptors (Lipinski definition) is 6. The Bertz CT molecular complexity index is 1090. The maximum absolute atomic E-state index is 13.7. The van der Waals surface area contributed by atoms with E-state index >= 15 is 0 Å². The van der Waals surface area contributed by atoms with Crippen molar-refractivity contribution in [2.75, 3.05) is 5.75 Å². The molecule has 4 aliphatic rings. The number of thiophene rings is 1. The van der Waals surface area contributed by atoms with E-state index in [1.165, 1.54) is 43.2 Å². The van der Waals surface area contributed by atoms with E-state index in [9.17, 15) is 9.18 Å². The van der Waals surface area contributed by atoms with Gasteiger partial charge < -0.3 is 9.32 Å². The number of hydrogen-bond donors (Lipinski definition) is 0. The SMILES string of the molecule is O=C(CSc1nnc(-c2cccs2)o1)N(Cc1ccc(F)cc1)C12CC3CC(CC(C3)C1)C2. The number of aromatic nitrogens is 2. The molecule has 0 spiro atoms. The molecule has 1 aromatic carbocycles. The summed E-state index contributed by atoms with van der Waals surface area (Å²) >= 11 is 2.85. The van der Waals surface area contributed by atoms with Crippen LogP contribution in [0.15, 0.2) is 51.4 Å². The van der Waals surface area contributed by atoms with E-state index in [0.717, 1.165) is 47.5 Å². The molecule has 4 fully saturated rings. The Balaban J connectivity index is 1.22. The Kier molecular flexibility index (Phi) is 5.53. The molecule has 0 aliphatic heterocycles. The predicted molar refractivity (Wildman–Crippen MR) is 126 cm³/mol. The van der Waals surface area contributed by atoms with Crippen LogP contribution in [0.2, 0.25) is 0 Å². The van der Waals surface area contributed by atoms with Gasteiger partial charge >= 0.3 is 0 Å². The Labute approximate surface area is 200 Å². The fourth-order valence-electron chi connectivity index (χ4n) is 6.66. The maximum Gasteiger partial charge on any atom is 0.277 e. The molecule has 172 valence electrons. The normalized spacial score (nSPS) is 27.7. The third-order valence-corrected chi connectivity index (χ3v) is 9.25. The first-order valence-electron chi connectivity index (χ1n) is 11.6. The second-order valence-corrected chi connectivity index (χ2v) is 11.8. The van der Waals surface area contributed by atoms with E-state index < -0.39 is 0 Å². The van der Waals surface area contributed by atoms with Crippen molar-refractivity contribution in [3.8, 4) is 10.8 Å². The Morgan fingerprint density at radius 1 is 1.09 bits per heavy atom. The third kappa shape index (κ3) is 4.23. The van der Waals surface area contributed by atoms with Crippen LogP contribution in [-0.2, 0) is 11.3 Å². The predicted octanol–water partition coefficient (Wildman–Crippen LogP) is 6.03. The minimum atomic E-state index is -0.250. The Morgan fingerprint density at radius 2 is 1.79 bits per heavy atom. The molecule has 4 aliphatic carbocycles. The summed E-state index contributed by atoms with van der Waals surface area (Å²) < 4.78 is 19.3. The maximum atomic E-state index is 13.7. The molecule has 0 saturated heterocycles. The second kappa shape index (κ2) is 8.55. The van der Waals surface area contributed by atoms with E-state index in [1.54, 1.807) is 23.5 Å². The topological polar surface area (TPSA) is 59.2 Å². The van der Waals surface area contributed by atoms with Crippen molar-refractivity contribution in [1.82, 2.24) is 15.1 Å². The largest absolute Gasteiger partial charge is 0.410 e. The standard InChI is InChI=1S/C25H26FN3O2S2/c26-20-5-3-16(4-6-20)14-29(25-11-17-8-18(12-25)10-19(9-17)13-25)22(30)15-33-24-28-27-23(31-24)21-2-1-7-32-21/h1-7,17-19H,8-15H2. The fraction of sp³-hybridized carbons (Fsp3) is 0.480. The molecular weight excluding hydrogens is 457 g/mol. The first kappa shape index (κ1) is 21.4. The number of carbonyl (C=O) groups is 1. The molecule has 0 unspecified atom stereocenters. The number of halogens is 1. The molecule has 7 rings (SSSR count). The minimum Gasteiger partial charge on any atom is -0.410 e. The van der Waals surface area contributed by atoms with Crippen molar-refractivity contribution in [1.29, 1.82) is 0 Å². The summed E-state index contributed by atoms with van der Waals surface area (Å²) in [4.78, 5) is 16.7. The number of rotatable bonds is 7. The molecule has 3 aromatic rings. The zero-order valence-corrected chi connectivity index (χ0v) is 19.9. The van der Waals surface area contributed by atoms with Crippen LogP contribution >= 0.6 is 23.1 Å². The van der Waals surface area contributed by atoms with Crippen LogP contribution in [0.3, 0.4) is 0 Å². The van der Waals surface area contributed by atoms with E-state index in [1.807, 2.05) is 17.5 Å². The van der Waals surface area contributed by atoms with Crippen LogP contribution in [0.25, 0.3) is 10.8 Å². The van der Waals surface area contributed by atoms with Crippen molar-refractivity contribution in [2.45, 2.75) is 55.8 Å². The summed E-state index contributed by atoms with van der Waals surface area (Å²) in [6.45, 7) is 0.524. The van der Waals surface area contributed by atoms with Crippen LogP contribution < -0.4 is 0 Å². The summed E-state index contributed by atoms with van der Waals surface area (Å²) in [6, 6.07) is 10.5. The molecule has 0 radical (unpaired) electrons. The molecule has 4 bridgehead atoms. The molecule has 2 heterocycles. The number of thioether (sulfide) groups is 1. The van der Waals surface area contributed by atoms with Gasteiger partial charge in [-0.25, -0.2) is 4.39 Å². The van der Waals surface area contributed by atoms with E-state index in [2.05, 4.69) is 15.1 Å². The van der Waals surface area contributed by atoms with Crippen molar-refractivity contribution < 1.29 is 13.6 Å². The van der Waals surface area contributed by atoms with Crippen LogP contribution in [0.5, 0.6) is 0 Å². The Hall–Kier alpha value is -2.19. The zero-order chi connectivity index (χ0) is 22.4. The number of carbonyl (C=O) groups excluding carboxylic acids is 1. The highest BCUT2D eigenvalue weighted by Crippen LogP contribution is 2.58. The van der Waals surface area contributed by atoms with E-state index in [-0.39, 0.29) is 23.0 Å². The van der Waals surface area contributed by atoms with Crippen LogP contribution in [0.1, 0.15) is 44.1 Å². The quantitative estimate of drug-likeness (QED) is 0.384. The molecule has 4 saturated carbocycles. The van der Waals surface area contributed by atoms with Crippen molar-refractivity contribution >= 4 is 29.0 Å². The molecule has 8 heteroatoms. The van der Waals surface area contributed by atoms with Gasteiger partial charge in [-0.05, 0) is 85.4 Å². The van der Waals surface area contributed by atoms with Crippen molar-refractivity contribution in [3.05, 3.63) is 53.2 Å². The molecule has 0 atom stereocenters. The summed E-state index contributed by atoms with van der Waals surface area (Å²) in [5.41, 5.74) is 0.904. The highest BCUT2D eigenvalue weighted by Gasteiger charge is 2.54.